The number of carbonyl (C=O) groups is 2. The average molecular weight is 414 g/mol. The van der Waals surface area contributed by atoms with Gasteiger partial charge in [0.05, 0.1) is 12.6 Å². The topological polar surface area (TPSA) is 99.4 Å². The Morgan fingerprint density at radius 1 is 1.20 bits per heavy atom. The van der Waals surface area contributed by atoms with Gasteiger partial charge in [0.2, 0.25) is 11.8 Å². The molecule has 0 saturated carbocycles. The van der Waals surface area contributed by atoms with E-state index < -0.39 is 0 Å². The molecule has 1 fully saturated rings. The third-order valence-electron chi connectivity index (χ3n) is 5.35. The molecule has 0 aliphatic carbocycles. The van der Waals surface area contributed by atoms with Crippen molar-refractivity contribution in [3.05, 3.63) is 47.2 Å². The molecule has 30 heavy (non-hydrogen) atoms. The van der Waals surface area contributed by atoms with Crippen LogP contribution >= 0.6 is 0 Å². The van der Waals surface area contributed by atoms with Crippen LogP contribution in [0.4, 0.5) is 0 Å². The number of nitrogens with zero attached hydrogens (tertiary/aromatic N) is 2. The largest absolute Gasteiger partial charge is 0.477 e. The zero-order valence-corrected chi connectivity index (χ0v) is 17.7. The van der Waals surface area contributed by atoms with Crippen molar-refractivity contribution in [2.24, 2.45) is 0 Å². The Morgan fingerprint density at radius 3 is 2.70 bits per heavy atom. The third kappa shape index (κ3) is 5.82. The molecule has 1 aromatic heterocycles. The van der Waals surface area contributed by atoms with Gasteiger partial charge in [0.25, 0.3) is 5.91 Å². The predicted molar refractivity (Wildman–Crippen MR) is 114 cm³/mol. The fourth-order valence-corrected chi connectivity index (χ4v) is 3.69. The number of ether oxygens (including phenoxy) is 1. The maximum atomic E-state index is 12.4. The van der Waals surface area contributed by atoms with Gasteiger partial charge in [-0.3, -0.25) is 19.6 Å². The number of hydrogen-bond donors (Lipinski definition) is 3. The number of likely N-dealkylation sites (N-methyl/N-ethyl adjacent to an activating group) is 1. The van der Waals surface area contributed by atoms with E-state index in [1.165, 1.54) is 0 Å². The first-order chi connectivity index (χ1) is 14.6. The monoisotopic (exact) mass is 413 g/mol. The Balaban J connectivity index is 1.40. The number of hydrogen-bond acceptors (Lipinski definition) is 5. The lowest BCUT2D eigenvalue weighted by Gasteiger charge is -2.21. The van der Waals surface area contributed by atoms with Gasteiger partial charge in [0, 0.05) is 19.2 Å². The number of carbonyl (C=O) groups excluding carboxylic acids is 2. The number of rotatable bonds is 10. The van der Waals surface area contributed by atoms with E-state index in [0.717, 1.165) is 43.5 Å². The Kier molecular flexibility index (Phi) is 7.84. The second kappa shape index (κ2) is 10.8. The normalized spacial score (nSPS) is 16.4. The van der Waals surface area contributed by atoms with Crippen molar-refractivity contribution in [1.29, 1.82) is 0 Å². The summed E-state index contributed by atoms with van der Waals surface area (Å²) in [5.41, 5.74) is 2.57. The van der Waals surface area contributed by atoms with Crippen LogP contribution in [-0.4, -0.2) is 59.2 Å². The fraction of sp³-hybridized carbons (Fsp3) is 0.500. The highest BCUT2D eigenvalue weighted by Gasteiger charge is 2.28. The third-order valence-corrected chi connectivity index (χ3v) is 5.35. The first kappa shape index (κ1) is 21.8. The van der Waals surface area contributed by atoms with Gasteiger partial charge in [0.15, 0.2) is 0 Å². The quantitative estimate of drug-likeness (QED) is 0.552. The van der Waals surface area contributed by atoms with Crippen molar-refractivity contribution in [1.82, 2.24) is 25.7 Å². The molecule has 8 nitrogen and oxygen atoms in total. The summed E-state index contributed by atoms with van der Waals surface area (Å²) < 4.78 is 5.25. The van der Waals surface area contributed by atoms with Crippen LogP contribution in [-0.2, 0) is 17.8 Å². The molecule has 1 saturated heterocycles. The van der Waals surface area contributed by atoms with E-state index in [0.29, 0.717) is 31.3 Å². The molecular formula is C22H31N5O3. The molecule has 3 N–H and O–H groups in total. The van der Waals surface area contributed by atoms with Crippen molar-refractivity contribution < 1.29 is 14.3 Å². The highest BCUT2D eigenvalue weighted by Crippen LogP contribution is 2.16. The Morgan fingerprint density at radius 2 is 1.97 bits per heavy atom. The molecule has 2 aromatic rings. The van der Waals surface area contributed by atoms with Gasteiger partial charge in [0.1, 0.15) is 5.69 Å². The van der Waals surface area contributed by atoms with Crippen LogP contribution in [0.5, 0.6) is 5.88 Å². The van der Waals surface area contributed by atoms with Crippen LogP contribution in [0.3, 0.4) is 0 Å². The summed E-state index contributed by atoms with van der Waals surface area (Å²) >= 11 is 0. The van der Waals surface area contributed by atoms with E-state index >= 15 is 0 Å². The fourth-order valence-electron chi connectivity index (χ4n) is 3.69. The maximum Gasteiger partial charge on any atom is 0.269 e. The van der Waals surface area contributed by atoms with Crippen molar-refractivity contribution >= 4 is 11.8 Å². The average Bonchev–Trinajstić information content (AvgIpc) is 3.42. The highest BCUT2D eigenvalue weighted by atomic mass is 16.5. The summed E-state index contributed by atoms with van der Waals surface area (Å²) in [4.78, 5) is 26.8. The number of aromatic nitrogens is 2. The molecule has 0 unspecified atom stereocenters. The SMILES string of the molecule is CCOc1cc(C(=O)NCCc2ccc(CNC(=O)[C@H]3CCCN3CC)cc2)[nH]n1. The lowest BCUT2D eigenvalue weighted by atomic mass is 10.1. The summed E-state index contributed by atoms with van der Waals surface area (Å²) in [6, 6.07) is 9.71. The molecule has 1 atom stereocenters. The molecule has 8 heteroatoms. The summed E-state index contributed by atoms with van der Waals surface area (Å²) in [5, 5.41) is 12.5. The van der Waals surface area contributed by atoms with Crippen molar-refractivity contribution in [3.8, 4) is 5.88 Å². The smallest absolute Gasteiger partial charge is 0.269 e. The van der Waals surface area contributed by atoms with Crippen molar-refractivity contribution in [3.63, 3.8) is 0 Å². The lowest BCUT2D eigenvalue weighted by molar-refractivity contribution is -0.125. The molecule has 0 radical (unpaired) electrons. The van der Waals surface area contributed by atoms with Gasteiger partial charge in [-0.2, -0.15) is 0 Å². The first-order valence-electron chi connectivity index (χ1n) is 10.7. The number of aromatic amines is 1. The molecule has 1 aliphatic rings. The van der Waals surface area contributed by atoms with Crippen molar-refractivity contribution in [2.75, 3.05) is 26.2 Å². The van der Waals surface area contributed by atoms with Crippen LogP contribution < -0.4 is 15.4 Å². The number of nitrogens with one attached hydrogen (secondary N) is 3. The van der Waals surface area contributed by atoms with E-state index in [2.05, 4.69) is 32.7 Å². The number of benzene rings is 1. The minimum atomic E-state index is -0.208. The Hall–Kier alpha value is -2.87. The molecule has 162 valence electrons. The van der Waals surface area contributed by atoms with E-state index in [4.69, 9.17) is 4.74 Å². The summed E-state index contributed by atoms with van der Waals surface area (Å²) in [7, 11) is 0. The standard InChI is InChI=1S/C22H31N5O3/c1-3-27-13-5-6-19(27)22(29)24-15-17-9-7-16(8-10-17)11-12-23-21(28)18-14-20(26-25-18)30-4-2/h7-10,14,19H,3-6,11-13,15H2,1-2H3,(H,23,28)(H,24,29)(H,25,26)/t19-/m1/s1. The van der Waals surface area contributed by atoms with Crippen LogP contribution in [0, 0.1) is 0 Å². The van der Waals surface area contributed by atoms with Gasteiger partial charge in [-0.15, -0.1) is 5.10 Å². The second-order valence-electron chi connectivity index (χ2n) is 7.38. The molecule has 0 spiro atoms. The van der Waals surface area contributed by atoms with Gasteiger partial charge in [-0.05, 0) is 50.4 Å². The summed E-state index contributed by atoms with van der Waals surface area (Å²) in [6.45, 7) is 7.44. The second-order valence-corrected chi connectivity index (χ2v) is 7.38. The Bertz CT molecular complexity index is 834. The summed E-state index contributed by atoms with van der Waals surface area (Å²) in [6.07, 6.45) is 2.75. The van der Waals surface area contributed by atoms with E-state index in [1.54, 1.807) is 6.07 Å². The van der Waals surface area contributed by atoms with Gasteiger partial charge < -0.3 is 15.4 Å². The first-order valence-corrected chi connectivity index (χ1v) is 10.7. The maximum absolute atomic E-state index is 12.4. The molecule has 3 rings (SSSR count). The van der Waals surface area contributed by atoms with Gasteiger partial charge >= 0.3 is 0 Å². The number of amides is 2. The van der Waals surface area contributed by atoms with Crippen molar-refractivity contribution in [2.45, 2.75) is 45.7 Å². The number of likely N-dealkylation sites (tertiary alicyclic amines) is 1. The zero-order chi connectivity index (χ0) is 21.3. The molecule has 2 heterocycles. The molecule has 1 aromatic carbocycles. The highest BCUT2D eigenvalue weighted by molar-refractivity contribution is 5.92. The molecular weight excluding hydrogens is 382 g/mol. The van der Waals surface area contributed by atoms with Gasteiger partial charge in [-0.25, -0.2) is 0 Å². The van der Waals surface area contributed by atoms with Gasteiger partial charge in [-0.1, -0.05) is 31.2 Å². The predicted octanol–water partition coefficient (Wildman–Crippen LogP) is 1.88. The van der Waals surface area contributed by atoms with E-state index in [9.17, 15) is 9.59 Å². The van der Waals surface area contributed by atoms with Crippen LogP contribution in [0.25, 0.3) is 0 Å². The molecule has 0 bridgehead atoms. The lowest BCUT2D eigenvalue weighted by Crippen LogP contribution is -2.42. The van der Waals surface area contributed by atoms with Crippen LogP contribution in [0.15, 0.2) is 30.3 Å². The van der Waals surface area contributed by atoms with Crippen LogP contribution in [0.1, 0.15) is 48.3 Å². The molecule has 2 amide bonds. The van der Waals surface area contributed by atoms with E-state index in [-0.39, 0.29) is 17.9 Å². The minimum absolute atomic E-state index is 0.0115. The van der Waals surface area contributed by atoms with Crippen LogP contribution in [0.2, 0.25) is 0 Å². The summed E-state index contributed by atoms with van der Waals surface area (Å²) in [5.74, 6) is 0.328. The Labute approximate surface area is 177 Å². The number of H-pyrrole nitrogens is 1. The zero-order valence-electron chi connectivity index (χ0n) is 17.7. The minimum Gasteiger partial charge on any atom is -0.477 e. The molecule has 1 aliphatic heterocycles. The van der Waals surface area contributed by atoms with E-state index in [1.807, 2.05) is 31.2 Å².